The highest BCUT2D eigenvalue weighted by Crippen LogP contribution is 2.30. The van der Waals surface area contributed by atoms with Crippen molar-refractivity contribution >= 4 is 17.8 Å². The van der Waals surface area contributed by atoms with Crippen molar-refractivity contribution in [2.24, 2.45) is 0 Å². The van der Waals surface area contributed by atoms with Gasteiger partial charge in [-0.05, 0) is 47.1 Å². The zero-order valence-corrected chi connectivity index (χ0v) is 17.2. The Morgan fingerprint density at radius 1 is 0.964 bits per heavy atom. The number of nitrogens with zero attached hydrogens (tertiary/aromatic N) is 2. The maximum absolute atomic E-state index is 12.9. The molecule has 28 heavy (non-hydrogen) atoms. The lowest BCUT2D eigenvalue weighted by atomic mass is 10.0. The Bertz CT molecular complexity index is 757. The van der Waals surface area contributed by atoms with Crippen LogP contribution in [0.2, 0.25) is 0 Å². The van der Waals surface area contributed by atoms with Crippen LogP contribution in [0.25, 0.3) is 5.57 Å². The van der Waals surface area contributed by atoms with Crippen LogP contribution >= 0.6 is 0 Å². The maximum atomic E-state index is 12.9. The van der Waals surface area contributed by atoms with Crippen molar-refractivity contribution < 1.29 is 24.3 Å². The number of allylic oxidation sites excluding steroid dienone is 2. The average Bonchev–Trinajstić information content (AvgIpc) is 2.54. The van der Waals surface area contributed by atoms with Gasteiger partial charge in [0, 0.05) is 5.57 Å². The molecule has 0 bridgehead atoms. The molecule has 2 amide bonds. The van der Waals surface area contributed by atoms with Gasteiger partial charge < -0.3 is 9.47 Å². The predicted molar refractivity (Wildman–Crippen MR) is 105 cm³/mol. The number of hydrogen-bond acceptors (Lipinski definition) is 6. The second-order valence-electron chi connectivity index (χ2n) is 8.38. The van der Waals surface area contributed by atoms with E-state index in [9.17, 15) is 14.8 Å². The van der Waals surface area contributed by atoms with E-state index in [1.54, 1.807) is 53.7 Å². The second-order valence-corrected chi connectivity index (χ2v) is 8.38. The fraction of sp³-hybridized carbons (Fsp3) is 0.429. The summed E-state index contributed by atoms with van der Waals surface area (Å²) in [4.78, 5) is 26.6. The molecule has 0 radical (unpaired) electrons. The normalized spacial score (nSPS) is 14.8. The fourth-order valence-corrected chi connectivity index (χ4v) is 2.51. The number of rotatable bonds is 2. The van der Waals surface area contributed by atoms with Gasteiger partial charge in [-0.15, -0.1) is 0 Å². The summed E-state index contributed by atoms with van der Waals surface area (Å²) in [6.07, 6.45) is 1.62. The van der Waals surface area contributed by atoms with E-state index in [-0.39, 0.29) is 12.4 Å². The summed E-state index contributed by atoms with van der Waals surface area (Å²) in [7, 11) is 0. The lowest BCUT2D eigenvalue weighted by Gasteiger charge is -2.34. The van der Waals surface area contributed by atoms with Crippen molar-refractivity contribution in [1.82, 2.24) is 9.96 Å². The van der Waals surface area contributed by atoms with E-state index in [1.807, 2.05) is 30.3 Å². The standard InChI is InChI=1S/C21H28N2O5/c1-20(2,3)27-18(24)23(19(25)28-21(4,5)6)17-16(13-10-14-22(17)26)15-11-8-7-9-12-15/h7-13,26H,14H2,1-6H3. The van der Waals surface area contributed by atoms with E-state index in [0.717, 1.165) is 15.5 Å². The number of hydroxylamine groups is 2. The Morgan fingerprint density at radius 2 is 1.46 bits per heavy atom. The van der Waals surface area contributed by atoms with Crippen LogP contribution in [0.5, 0.6) is 0 Å². The molecule has 0 aliphatic carbocycles. The molecule has 152 valence electrons. The molecule has 7 heteroatoms. The number of benzene rings is 1. The molecule has 1 aliphatic rings. The SMILES string of the molecule is CC(C)(C)OC(=O)N(C(=O)OC(C)(C)C)C1=C(c2ccccc2)C=CCN1O. The van der Waals surface area contributed by atoms with E-state index in [1.165, 1.54) is 0 Å². The summed E-state index contributed by atoms with van der Waals surface area (Å²) in [6.45, 7) is 10.3. The Balaban J connectivity index is 2.60. The molecular formula is C21H28N2O5. The van der Waals surface area contributed by atoms with Crippen molar-refractivity contribution in [3.05, 3.63) is 53.9 Å². The van der Waals surface area contributed by atoms with Gasteiger partial charge in [-0.3, -0.25) is 5.21 Å². The van der Waals surface area contributed by atoms with Gasteiger partial charge in [0.1, 0.15) is 11.2 Å². The van der Waals surface area contributed by atoms with Gasteiger partial charge in [-0.2, -0.15) is 4.90 Å². The van der Waals surface area contributed by atoms with Crippen LogP contribution in [-0.2, 0) is 9.47 Å². The van der Waals surface area contributed by atoms with E-state index >= 15 is 0 Å². The third kappa shape index (κ3) is 5.60. The summed E-state index contributed by atoms with van der Waals surface area (Å²) in [5.41, 5.74) is -0.457. The van der Waals surface area contributed by atoms with Crippen LogP contribution in [0, 0.1) is 0 Å². The molecule has 1 aromatic carbocycles. The average molecular weight is 388 g/mol. The molecule has 0 atom stereocenters. The van der Waals surface area contributed by atoms with E-state index < -0.39 is 23.4 Å². The second kappa shape index (κ2) is 8.06. The molecule has 0 unspecified atom stereocenters. The van der Waals surface area contributed by atoms with Gasteiger partial charge in [0.2, 0.25) is 0 Å². The number of carbonyl (C=O) groups excluding carboxylic acids is 2. The first-order valence-corrected chi connectivity index (χ1v) is 9.08. The van der Waals surface area contributed by atoms with Crippen LogP contribution < -0.4 is 0 Å². The van der Waals surface area contributed by atoms with Crippen molar-refractivity contribution in [3.63, 3.8) is 0 Å². The highest BCUT2D eigenvalue weighted by atomic mass is 16.6. The van der Waals surface area contributed by atoms with Gasteiger partial charge in [-0.1, -0.05) is 42.5 Å². The smallest absolute Gasteiger partial charge is 0.425 e. The molecule has 7 nitrogen and oxygen atoms in total. The summed E-state index contributed by atoms with van der Waals surface area (Å²) < 4.78 is 10.8. The van der Waals surface area contributed by atoms with Crippen LogP contribution in [-0.4, -0.2) is 45.1 Å². The van der Waals surface area contributed by atoms with Crippen LogP contribution in [0.15, 0.2) is 48.3 Å². The number of ether oxygens (including phenoxy) is 2. The Kier molecular flexibility index (Phi) is 6.19. The molecule has 2 rings (SSSR count). The van der Waals surface area contributed by atoms with Crippen molar-refractivity contribution in [2.45, 2.75) is 52.7 Å². The maximum Gasteiger partial charge on any atom is 0.425 e. The lowest BCUT2D eigenvalue weighted by Crippen LogP contribution is -2.47. The first kappa shape index (κ1) is 21.5. The number of carbonyl (C=O) groups is 2. The largest absolute Gasteiger partial charge is 0.443 e. The molecule has 1 N–H and O–H groups in total. The van der Waals surface area contributed by atoms with Gasteiger partial charge in [-0.25, -0.2) is 14.7 Å². The molecule has 0 spiro atoms. The Hall–Kier alpha value is -2.80. The van der Waals surface area contributed by atoms with Crippen molar-refractivity contribution in [3.8, 4) is 0 Å². The molecule has 0 saturated carbocycles. The fourth-order valence-electron chi connectivity index (χ4n) is 2.51. The molecule has 1 aliphatic heterocycles. The monoisotopic (exact) mass is 388 g/mol. The summed E-state index contributed by atoms with van der Waals surface area (Å²) >= 11 is 0. The number of hydrogen-bond donors (Lipinski definition) is 1. The van der Waals surface area contributed by atoms with E-state index in [2.05, 4.69) is 0 Å². The molecule has 1 heterocycles. The lowest BCUT2D eigenvalue weighted by molar-refractivity contribution is -0.0752. The Morgan fingerprint density at radius 3 is 1.93 bits per heavy atom. The predicted octanol–water partition coefficient (Wildman–Crippen LogP) is 4.79. The number of imide groups is 1. The third-order valence-corrected chi connectivity index (χ3v) is 3.50. The van der Waals surface area contributed by atoms with Gasteiger partial charge >= 0.3 is 12.2 Å². The van der Waals surface area contributed by atoms with Gasteiger partial charge in [0.15, 0.2) is 5.82 Å². The molecule has 0 saturated heterocycles. The summed E-state index contributed by atoms with van der Waals surface area (Å²) in [6, 6.07) is 9.15. The summed E-state index contributed by atoms with van der Waals surface area (Å²) in [5.74, 6) is -0.0165. The Labute approximate surface area is 165 Å². The molecular weight excluding hydrogens is 360 g/mol. The quantitative estimate of drug-likeness (QED) is 0.785. The summed E-state index contributed by atoms with van der Waals surface area (Å²) in [5, 5.41) is 11.4. The highest BCUT2D eigenvalue weighted by Gasteiger charge is 2.38. The van der Waals surface area contributed by atoms with Crippen LogP contribution in [0.4, 0.5) is 9.59 Å². The van der Waals surface area contributed by atoms with Crippen LogP contribution in [0.3, 0.4) is 0 Å². The minimum atomic E-state index is -0.931. The molecule has 0 fully saturated rings. The van der Waals surface area contributed by atoms with Crippen molar-refractivity contribution in [1.29, 1.82) is 0 Å². The van der Waals surface area contributed by atoms with E-state index in [0.29, 0.717) is 5.57 Å². The minimum absolute atomic E-state index is 0.0165. The highest BCUT2D eigenvalue weighted by molar-refractivity contribution is 5.94. The minimum Gasteiger partial charge on any atom is -0.443 e. The first-order chi connectivity index (χ1) is 12.9. The van der Waals surface area contributed by atoms with E-state index in [4.69, 9.17) is 9.47 Å². The van der Waals surface area contributed by atoms with Crippen LogP contribution in [0.1, 0.15) is 47.1 Å². The zero-order valence-electron chi connectivity index (χ0n) is 17.2. The van der Waals surface area contributed by atoms with Crippen molar-refractivity contribution in [2.75, 3.05) is 6.54 Å². The third-order valence-electron chi connectivity index (χ3n) is 3.50. The van der Waals surface area contributed by atoms with Gasteiger partial charge in [0.25, 0.3) is 0 Å². The number of amides is 2. The topological polar surface area (TPSA) is 79.3 Å². The zero-order chi connectivity index (χ0) is 21.1. The molecule has 1 aromatic rings. The molecule has 0 aromatic heterocycles. The first-order valence-electron chi connectivity index (χ1n) is 9.08. The van der Waals surface area contributed by atoms with Gasteiger partial charge in [0.05, 0.1) is 6.54 Å².